The number of carbonyl (C=O) groups excluding carboxylic acids is 4. The van der Waals surface area contributed by atoms with Gasteiger partial charge >= 0.3 is 6.03 Å². The summed E-state index contributed by atoms with van der Waals surface area (Å²) in [4.78, 5) is 57.0. The Balaban J connectivity index is 0.000000189. The molecule has 8 aromatic rings. The minimum Gasteiger partial charge on any atom is -0.457 e. The topological polar surface area (TPSA) is 227 Å². The number of amides is 4. The first kappa shape index (κ1) is 46.0. The van der Waals surface area contributed by atoms with Crippen molar-refractivity contribution in [3.8, 4) is 45.5 Å². The number of nitrogens with zero attached hydrogens (tertiary/aromatic N) is 3. The number of anilines is 3. The maximum Gasteiger partial charge on any atom is 0.323 e. The van der Waals surface area contributed by atoms with Crippen molar-refractivity contribution in [3.05, 3.63) is 205 Å². The highest BCUT2D eigenvalue weighted by Crippen LogP contribution is 2.29. The van der Waals surface area contributed by atoms with Gasteiger partial charge in [0.25, 0.3) is 11.8 Å². The molecule has 0 fully saturated rings. The van der Waals surface area contributed by atoms with Crippen LogP contribution in [0.3, 0.4) is 0 Å². The molecule has 14 nitrogen and oxygen atoms in total. The number of rotatable bonds is 11. The molecule has 0 aliphatic rings. The summed E-state index contributed by atoms with van der Waals surface area (Å²) in [5, 5.41) is 5.40. The van der Waals surface area contributed by atoms with Crippen molar-refractivity contribution in [2.45, 2.75) is 0 Å². The second kappa shape index (κ2) is 22.5. The summed E-state index contributed by atoms with van der Waals surface area (Å²) in [6, 6.07) is 49.0. The lowest BCUT2D eigenvalue weighted by Crippen LogP contribution is -2.20. The molecule has 328 valence electrons. The molecule has 6 aromatic carbocycles. The molecule has 0 aliphatic carbocycles. The highest BCUT2D eigenvalue weighted by atomic mass is 19.1. The summed E-state index contributed by atoms with van der Waals surface area (Å²) < 4.78 is 37.2. The lowest BCUT2D eigenvalue weighted by Gasteiger charge is -2.11. The molecular weight excluding hydrogens is 847 g/mol. The molecule has 0 unspecified atom stereocenters. The minimum atomic E-state index is -0.723. The van der Waals surface area contributed by atoms with Crippen LogP contribution in [-0.2, 0) is 4.79 Å². The van der Waals surface area contributed by atoms with Crippen molar-refractivity contribution in [3.63, 3.8) is 0 Å². The maximum atomic E-state index is 13.1. The van der Waals surface area contributed by atoms with Gasteiger partial charge in [0.2, 0.25) is 6.08 Å². The van der Waals surface area contributed by atoms with Gasteiger partial charge in [0.05, 0.1) is 17.1 Å². The quantitative estimate of drug-likeness (QED) is 0.0614. The van der Waals surface area contributed by atoms with Crippen LogP contribution in [0.4, 0.5) is 36.3 Å². The van der Waals surface area contributed by atoms with Crippen LogP contribution in [0.15, 0.2) is 187 Å². The van der Waals surface area contributed by atoms with Gasteiger partial charge in [0.1, 0.15) is 46.0 Å². The van der Waals surface area contributed by atoms with E-state index >= 15 is 0 Å². The molecule has 8 rings (SSSR count). The van der Waals surface area contributed by atoms with Gasteiger partial charge < -0.3 is 37.3 Å². The highest BCUT2D eigenvalue weighted by molar-refractivity contribution is 6.01. The standard InChI is InChI=1S/C25H19FN4O3.C18H14FN3O2.C7H5NO/c26-17-8-12-21(13-9-17)33-20-10-6-16(7-11-20)22-14-19(15-23(30-22)24(27)31)29-25(32)28-18-4-2-1-3-5-18;19-12-3-7-15(8-4-12)24-14-5-1-11(2-6-14)16-9-13(20)10-17(22-16)18(21)23;9-6-8-7-4-2-1-3-5-7/h1-15H,(H2,27,31)(H2,28,29,30,32);1-10H,(H2,20,22)(H2,21,23);1-5H. The van der Waals surface area contributed by atoms with Gasteiger partial charge in [-0.2, -0.15) is 4.99 Å². The number of aromatic nitrogens is 2. The number of aliphatic imine (C=N–C) groups is 1. The van der Waals surface area contributed by atoms with E-state index < -0.39 is 17.8 Å². The summed E-state index contributed by atoms with van der Waals surface area (Å²) in [7, 11) is 0. The average molecular weight is 885 g/mol. The van der Waals surface area contributed by atoms with E-state index in [4.69, 9.17) is 26.7 Å². The van der Waals surface area contributed by atoms with E-state index in [0.717, 1.165) is 5.56 Å². The lowest BCUT2D eigenvalue weighted by molar-refractivity contribution is 0.0987. The molecule has 0 spiro atoms. The summed E-state index contributed by atoms with van der Waals surface area (Å²) in [5.41, 5.74) is 21.0. The molecule has 0 radical (unpaired) electrons. The van der Waals surface area contributed by atoms with E-state index in [2.05, 4.69) is 25.6 Å². The molecule has 0 aliphatic heterocycles. The van der Waals surface area contributed by atoms with Gasteiger partial charge in [-0.25, -0.2) is 28.3 Å². The zero-order valence-electron chi connectivity index (χ0n) is 34.6. The van der Waals surface area contributed by atoms with Crippen LogP contribution >= 0.6 is 0 Å². The number of hydrogen-bond donors (Lipinski definition) is 5. The summed E-state index contributed by atoms with van der Waals surface area (Å²) in [6.45, 7) is 0. The second-order valence-electron chi connectivity index (χ2n) is 13.7. The Morgan fingerprint density at radius 2 is 0.924 bits per heavy atom. The maximum absolute atomic E-state index is 13.1. The van der Waals surface area contributed by atoms with E-state index in [0.29, 0.717) is 62.7 Å². The number of nitrogen functional groups attached to an aromatic ring is 1. The number of benzene rings is 6. The number of pyridine rings is 2. The van der Waals surface area contributed by atoms with Gasteiger partial charge in [-0.3, -0.25) is 9.59 Å². The third kappa shape index (κ3) is 14.0. The number of para-hydroxylation sites is 2. The zero-order chi connectivity index (χ0) is 46.8. The number of halogens is 2. The van der Waals surface area contributed by atoms with Gasteiger partial charge in [-0.05, 0) is 146 Å². The highest BCUT2D eigenvalue weighted by Gasteiger charge is 2.13. The molecule has 8 N–H and O–H groups in total. The Labute approximate surface area is 376 Å². The summed E-state index contributed by atoms with van der Waals surface area (Å²) in [5.74, 6) is 0.118. The molecule has 0 saturated heterocycles. The van der Waals surface area contributed by atoms with Crippen molar-refractivity contribution >= 4 is 46.7 Å². The van der Waals surface area contributed by atoms with Crippen LogP contribution in [0.2, 0.25) is 0 Å². The second-order valence-corrected chi connectivity index (χ2v) is 13.7. The van der Waals surface area contributed by atoms with Crippen LogP contribution < -0.4 is 37.3 Å². The number of urea groups is 1. The van der Waals surface area contributed by atoms with E-state index in [1.165, 1.54) is 54.6 Å². The fraction of sp³-hybridized carbons (Fsp3) is 0. The van der Waals surface area contributed by atoms with Crippen molar-refractivity contribution < 1.29 is 37.4 Å². The summed E-state index contributed by atoms with van der Waals surface area (Å²) >= 11 is 0. The first-order valence-electron chi connectivity index (χ1n) is 19.6. The smallest absolute Gasteiger partial charge is 0.323 e. The van der Waals surface area contributed by atoms with Gasteiger partial charge in [0.15, 0.2) is 0 Å². The molecule has 2 heterocycles. The normalized spacial score (nSPS) is 10.0. The number of hydrogen-bond acceptors (Lipinski definition) is 10. The number of isocyanates is 1. The summed E-state index contributed by atoms with van der Waals surface area (Å²) in [6.07, 6.45) is 1.46. The molecule has 2 aromatic heterocycles. The molecule has 66 heavy (non-hydrogen) atoms. The first-order valence-corrected chi connectivity index (χ1v) is 19.6. The van der Waals surface area contributed by atoms with Crippen molar-refractivity contribution in [1.82, 2.24) is 9.97 Å². The van der Waals surface area contributed by atoms with Crippen LogP contribution in [0.1, 0.15) is 21.0 Å². The Morgan fingerprint density at radius 3 is 1.38 bits per heavy atom. The third-order valence-electron chi connectivity index (χ3n) is 8.80. The average Bonchev–Trinajstić information content (AvgIpc) is 3.32. The zero-order valence-corrected chi connectivity index (χ0v) is 34.6. The fourth-order valence-corrected chi connectivity index (χ4v) is 5.74. The van der Waals surface area contributed by atoms with Crippen LogP contribution in [0.25, 0.3) is 22.5 Å². The van der Waals surface area contributed by atoms with Crippen LogP contribution in [0.5, 0.6) is 23.0 Å². The molecule has 0 saturated carbocycles. The van der Waals surface area contributed by atoms with Crippen LogP contribution in [0, 0.1) is 11.6 Å². The minimum absolute atomic E-state index is 0.00847. The Morgan fingerprint density at radius 1 is 0.515 bits per heavy atom. The monoisotopic (exact) mass is 884 g/mol. The largest absolute Gasteiger partial charge is 0.457 e. The van der Waals surface area contributed by atoms with Crippen LogP contribution in [-0.4, -0.2) is 33.9 Å². The molecule has 0 atom stereocenters. The van der Waals surface area contributed by atoms with E-state index in [1.807, 2.05) is 24.3 Å². The van der Waals surface area contributed by atoms with E-state index in [-0.39, 0.29) is 23.0 Å². The van der Waals surface area contributed by atoms with Crippen molar-refractivity contribution in [1.29, 1.82) is 0 Å². The Hall–Kier alpha value is -9.53. The van der Waals surface area contributed by atoms with Gasteiger partial charge in [0, 0.05) is 28.2 Å². The Kier molecular flexibility index (Phi) is 15.7. The molecular formula is C50H38F2N8O6. The molecule has 0 bridgehead atoms. The van der Waals surface area contributed by atoms with E-state index in [1.54, 1.807) is 109 Å². The van der Waals surface area contributed by atoms with E-state index in [9.17, 15) is 28.0 Å². The van der Waals surface area contributed by atoms with Gasteiger partial charge in [-0.15, -0.1) is 0 Å². The predicted molar refractivity (Wildman–Crippen MR) is 247 cm³/mol. The van der Waals surface area contributed by atoms with Crippen molar-refractivity contribution in [2.24, 2.45) is 16.5 Å². The third-order valence-corrected chi connectivity index (χ3v) is 8.80. The Bertz CT molecular complexity index is 2960. The fourth-order valence-electron chi connectivity index (χ4n) is 5.74. The molecule has 4 amide bonds. The van der Waals surface area contributed by atoms with Gasteiger partial charge in [-0.1, -0.05) is 36.4 Å². The molecule has 16 heteroatoms. The number of nitrogens with two attached hydrogens (primary N) is 3. The number of nitrogens with one attached hydrogen (secondary N) is 2. The number of ether oxygens (including phenoxy) is 2. The number of carbonyl (C=O) groups is 3. The SMILES string of the molecule is NC(=O)c1cc(N)cc(-c2ccc(Oc3ccc(F)cc3)cc2)n1.NC(=O)c1cc(NC(=O)Nc2ccccc2)cc(-c2ccc(Oc3ccc(F)cc3)cc2)n1.O=C=Nc1ccccc1. The predicted octanol–water partition coefficient (Wildman–Crippen LogP) is 10.4. The van der Waals surface area contributed by atoms with Crippen molar-refractivity contribution in [2.75, 3.05) is 16.4 Å². The lowest BCUT2D eigenvalue weighted by atomic mass is 10.1. The first-order chi connectivity index (χ1) is 31.9. The number of primary amides is 2.